The van der Waals surface area contributed by atoms with Crippen LogP contribution < -0.4 is 8.37 Å². The monoisotopic (exact) mass is 538 g/mol. The standard InChI is InChI=1S/C12H6F12O6S2/c13-9(14,15)7(10(16,17)18)31(25,26)29-5-3-1-2-4-6(5)30-32(27,28)8(11(19,20)21)12(22,23)24/h1-4,7-8H. The largest absolute Gasteiger partial charge is 0.417 e. The molecule has 0 atom stereocenters. The molecule has 20 heteroatoms. The Labute approximate surface area is 170 Å². The molecule has 1 rings (SSSR count). The average molecular weight is 538 g/mol. The first-order chi connectivity index (χ1) is 13.9. The van der Waals surface area contributed by atoms with Crippen LogP contribution in [0.1, 0.15) is 0 Å². The van der Waals surface area contributed by atoms with Crippen molar-refractivity contribution >= 4 is 20.2 Å². The first-order valence-electron chi connectivity index (χ1n) is 7.13. The van der Waals surface area contributed by atoms with Gasteiger partial charge in [-0.05, 0) is 12.1 Å². The zero-order valence-electron chi connectivity index (χ0n) is 14.3. The molecule has 0 aliphatic rings. The van der Waals surface area contributed by atoms with E-state index >= 15 is 0 Å². The van der Waals surface area contributed by atoms with Gasteiger partial charge < -0.3 is 8.37 Å². The van der Waals surface area contributed by atoms with E-state index in [1.165, 1.54) is 0 Å². The highest BCUT2D eigenvalue weighted by molar-refractivity contribution is 7.88. The number of hydrogen-bond donors (Lipinski definition) is 0. The molecule has 0 spiro atoms. The van der Waals surface area contributed by atoms with Crippen LogP contribution in [0.15, 0.2) is 24.3 Å². The smallest absolute Gasteiger partial charge is 0.378 e. The fourth-order valence-electron chi connectivity index (χ4n) is 1.96. The molecule has 1 aromatic carbocycles. The fraction of sp³-hybridized carbons (Fsp3) is 0.500. The molecule has 6 nitrogen and oxygen atoms in total. The molecule has 0 aliphatic heterocycles. The quantitative estimate of drug-likeness (QED) is 0.401. The van der Waals surface area contributed by atoms with E-state index in [1.807, 2.05) is 0 Å². The molecule has 1 aromatic rings. The molecule has 0 unspecified atom stereocenters. The Morgan fingerprint density at radius 3 is 0.938 bits per heavy atom. The summed E-state index contributed by atoms with van der Waals surface area (Å²) < 4.78 is 204. The minimum atomic E-state index is -6.82. The van der Waals surface area contributed by atoms with Crippen molar-refractivity contribution in [1.82, 2.24) is 0 Å². The van der Waals surface area contributed by atoms with Crippen LogP contribution in [0.2, 0.25) is 0 Å². The molecule has 0 fully saturated rings. The van der Waals surface area contributed by atoms with Gasteiger partial charge in [-0.25, -0.2) is 0 Å². The van der Waals surface area contributed by atoms with Crippen molar-refractivity contribution in [2.24, 2.45) is 0 Å². The summed E-state index contributed by atoms with van der Waals surface area (Å²) in [7, 11) is -13.6. The predicted octanol–water partition coefficient (Wildman–Crippen LogP) is 4.09. The van der Waals surface area contributed by atoms with Gasteiger partial charge in [0.1, 0.15) is 0 Å². The van der Waals surface area contributed by atoms with Crippen molar-refractivity contribution in [3.8, 4) is 11.5 Å². The lowest BCUT2D eigenvalue weighted by Gasteiger charge is -2.24. The SMILES string of the molecule is O=S(=O)(Oc1ccccc1OS(=O)(=O)C(C(F)(F)F)C(F)(F)F)C(C(F)(F)F)C(F)(F)F. The van der Waals surface area contributed by atoms with Crippen molar-refractivity contribution in [2.45, 2.75) is 35.2 Å². The van der Waals surface area contributed by atoms with Gasteiger partial charge in [0, 0.05) is 0 Å². The van der Waals surface area contributed by atoms with Gasteiger partial charge in [0.2, 0.25) is 0 Å². The molecule has 0 saturated carbocycles. The van der Waals surface area contributed by atoms with Gasteiger partial charge in [-0.15, -0.1) is 0 Å². The fourth-order valence-corrected chi connectivity index (χ4v) is 4.24. The Hall–Kier alpha value is -2.12. The van der Waals surface area contributed by atoms with Crippen molar-refractivity contribution < 1.29 is 77.9 Å². The van der Waals surface area contributed by atoms with Gasteiger partial charge in [0.05, 0.1) is 0 Å². The third-order valence-electron chi connectivity index (χ3n) is 3.03. The van der Waals surface area contributed by atoms with Crippen molar-refractivity contribution in [3.05, 3.63) is 24.3 Å². The minimum absolute atomic E-state index is 0.113. The second-order valence-corrected chi connectivity index (χ2v) is 8.77. The summed E-state index contributed by atoms with van der Waals surface area (Å²) in [5.74, 6) is -3.75. The molecule has 0 heterocycles. The first-order valence-corrected chi connectivity index (χ1v) is 10.1. The average Bonchev–Trinajstić information content (AvgIpc) is 2.40. The van der Waals surface area contributed by atoms with E-state index in [9.17, 15) is 69.5 Å². The Bertz CT molecular complexity index is 909. The van der Waals surface area contributed by atoms with Crippen LogP contribution in [0.4, 0.5) is 52.7 Å². The topological polar surface area (TPSA) is 86.7 Å². The van der Waals surface area contributed by atoms with Gasteiger partial charge in [-0.2, -0.15) is 69.5 Å². The van der Waals surface area contributed by atoms with Gasteiger partial charge in [-0.1, -0.05) is 12.1 Å². The predicted molar refractivity (Wildman–Crippen MR) is 77.3 cm³/mol. The van der Waals surface area contributed by atoms with E-state index in [2.05, 4.69) is 8.37 Å². The second-order valence-electron chi connectivity index (χ2n) is 5.53. The maximum atomic E-state index is 12.6. The molecule has 0 aromatic heterocycles. The van der Waals surface area contributed by atoms with Crippen LogP contribution in [0.25, 0.3) is 0 Å². The third-order valence-corrected chi connectivity index (χ3v) is 6.08. The number of hydrogen-bond acceptors (Lipinski definition) is 6. The summed E-state index contributed by atoms with van der Waals surface area (Å²) in [5.41, 5.74) is 0. The highest BCUT2D eigenvalue weighted by Crippen LogP contribution is 2.43. The van der Waals surface area contributed by atoms with Gasteiger partial charge in [-0.3, -0.25) is 0 Å². The number of rotatable bonds is 6. The molecule has 0 radical (unpaired) electrons. The van der Waals surface area contributed by atoms with Gasteiger partial charge in [0.25, 0.3) is 10.5 Å². The normalized spacial score (nSPS) is 14.7. The lowest BCUT2D eigenvalue weighted by atomic mass is 10.3. The van der Waals surface area contributed by atoms with Crippen molar-refractivity contribution in [2.75, 3.05) is 0 Å². The third kappa shape index (κ3) is 6.69. The number of para-hydroxylation sites is 2. The summed E-state index contributed by atoms with van der Waals surface area (Å²) in [6.07, 6.45) is -26.1. The van der Waals surface area contributed by atoms with Crippen LogP contribution in [-0.4, -0.2) is 52.0 Å². The maximum Gasteiger partial charge on any atom is 0.417 e. The molecule has 186 valence electrons. The molecule has 0 saturated heterocycles. The molecule has 32 heavy (non-hydrogen) atoms. The van der Waals surface area contributed by atoms with E-state index in [4.69, 9.17) is 0 Å². The van der Waals surface area contributed by atoms with Crippen molar-refractivity contribution in [3.63, 3.8) is 0 Å². The van der Waals surface area contributed by atoms with Crippen molar-refractivity contribution in [1.29, 1.82) is 0 Å². The second kappa shape index (κ2) is 8.34. The van der Waals surface area contributed by atoms with E-state index < -0.39 is 66.9 Å². The van der Waals surface area contributed by atoms with E-state index in [0.717, 1.165) is 0 Å². The summed E-state index contributed by atoms with van der Waals surface area (Å²) in [5, 5.41) is -10.4. The van der Waals surface area contributed by atoms with Crippen LogP contribution >= 0.6 is 0 Å². The van der Waals surface area contributed by atoms with E-state index in [0.29, 0.717) is 12.1 Å². The molecular formula is C12H6F12O6S2. The van der Waals surface area contributed by atoms with Crippen LogP contribution in [0.3, 0.4) is 0 Å². The summed E-state index contributed by atoms with van der Waals surface area (Å²) in [6, 6.07) is 1.38. The van der Waals surface area contributed by atoms with E-state index in [-0.39, 0.29) is 12.1 Å². The molecule has 0 bridgehead atoms. The Morgan fingerprint density at radius 1 is 0.531 bits per heavy atom. The highest BCUT2D eigenvalue weighted by Gasteiger charge is 2.67. The number of alkyl halides is 12. The van der Waals surface area contributed by atoms with Crippen LogP contribution in [0.5, 0.6) is 11.5 Å². The summed E-state index contributed by atoms with van der Waals surface area (Å²) in [4.78, 5) is 0. The summed E-state index contributed by atoms with van der Waals surface area (Å²) >= 11 is 0. The molecule has 0 amide bonds. The Kier molecular flexibility index (Phi) is 7.28. The lowest BCUT2D eigenvalue weighted by molar-refractivity contribution is -0.229. The molecular weight excluding hydrogens is 532 g/mol. The molecule has 0 aliphatic carbocycles. The van der Waals surface area contributed by atoms with Crippen LogP contribution in [0, 0.1) is 0 Å². The number of halogens is 12. The Balaban J connectivity index is 3.49. The summed E-state index contributed by atoms with van der Waals surface area (Å²) in [6.45, 7) is 0. The first kappa shape index (κ1) is 27.9. The van der Waals surface area contributed by atoms with Gasteiger partial charge >= 0.3 is 44.9 Å². The molecule has 0 N–H and O–H groups in total. The number of benzene rings is 1. The van der Waals surface area contributed by atoms with Crippen LogP contribution in [-0.2, 0) is 20.2 Å². The zero-order chi connectivity index (χ0) is 25.6. The lowest BCUT2D eigenvalue weighted by Crippen LogP contribution is -2.50. The Morgan fingerprint density at radius 2 is 0.750 bits per heavy atom. The van der Waals surface area contributed by atoms with E-state index in [1.54, 1.807) is 0 Å². The maximum absolute atomic E-state index is 12.6. The highest BCUT2D eigenvalue weighted by atomic mass is 32.2. The van der Waals surface area contributed by atoms with Gasteiger partial charge in [0.15, 0.2) is 11.5 Å². The zero-order valence-corrected chi connectivity index (χ0v) is 15.9. The minimum Gasteiger partial charge on any atom is -0.378 e.